The number of rotatable bonds is 13. The molecule has 0 bridgehead atoms. The summed E-state index contributed by atoms with van der Waals surface area (Å²) in [4.78, 5) is 6.91. The monoisotopic (exact) mass is 846 g/mol. The molecule has 16 heteroatoms. The quantitative estimate of drug-likeness (QED) is 0.151. The van der Waals surface area contributed by atoms with E-state index in [1.807, 2.05) is 133 Å². The van der Waals surface area contributed by atoms with Gasteiger partial charge in [-0.1, -0.05) is 48.5 Å². The number of para-hydroxylation sites is 2. The number of methoxy groups -OCH3 is 6. The van der Waals surface area contributed by atoms with Crippen LogP contribution < -0.4 is 62.8 Å². The normalized spacial score (nSPS) is 10.6. The first-order valence-corrected chi connectivity index (χ1v) is 18.2. The average molecular weight is 848 g/mol. The van der Waals surface area contributed by atoms with Crippen LogP contribution in [0, 0.1) is 0 Å². The Morgan fingerprint density at radius 3 is 1.05 bits per heavy atom. The summed E-state index contributed by atoms with van der Waals surface area (Å²) in [6.07, 6.45) is 0. The molecular weight excluding hydrogens is 807 g/mol. The summed E-state index contributed by atoms with van der Waals surface area (Å²) in [5.74, 6) is 4.47. The highest BCUT2D eigenvalue weighted by Crippen LogP contribution is 2.36. The molecule has 2 heterocycles. The van der Waals surface area contributed by atoms with Crippen molar-refractivity contribution in [1.82, 2.24) is 30.0 Å². The Balaban J connectivity index is 0.00000302. The molecule has 0 aliphatic heterocycles. The van der Waals surface area contributed by atoms with Gasteiger partial charge in [-0.3, -0.25) is 0 Å². The van der Waals surface area contributed by atoms with Gasteiger partial charge in [0.25, 0.3) is 0 Å². The smallest absolute Gasteiger partial charge is 0.340 e. The van der Waals surface area contributed by atoms with Crippen molar-refractivity contribution in [2.45, 2.75) is 0 Å². The lowest BCUT2D eigenvalue weighted by atomic mass is 10.0. The zero-order valence-electron chi connectivity index (χ0n) is 33.5. The summed E-state index contributed by atoms with van der Waals surface area (Å²) >= 11 is 0. The van der Waals surface area contributed by atoms with Crippen LogP contribution in [0.3, 0.4) is 0 Å². The van der Waals surface area contributed by atoms with Gasteiger partial charge in [0.2, 0.25) is 0 Å². The number of hydrogen-bond donors (Lipinski definition) is 0. The fraction of sp³-hybridized carbons (Fsp3) is 0.136. The number of benzene rings is 6. The molecule has 306 valence electrons. The van der Waals surface area contributed by atoms with E-state index in [1.54, 1.807) is 61.8 Å². The number of tetrazole rings is 2. The lowest BCUT2D eigenvalue weighted by Gasteiger charge is -2.11. The maximum absolute atomic E-state index is 6.01. The van der Waals surface area contributed by atoms with E-state index in [2.05, 4.69) is 0 Å². The molecule has 0 aliphatic carbocycles. The van der Waals surface area contributed by atoms with Crippen LogP contribution in [0.4, 0.5) is 0 Å². The Bertz CT molecular complexity index is 2540. The van der Waals surface area contributed by atoms with Crippen LogP contribution in [0.25, 0.3) is 56.7 Å². The predicted octanol–water partition coefficient (Wildman–Crippen LogP) is 0.462. The highest BCUT2D eigenvalue weighted by Gasteiger charge is 2.29. The minimum atomic E-state index is 0. The number of ether oxygens (including phenoxy) is 6. The van der Waals surface area contributed by atoms with E-state index < -0.39 is 0 Å². The highest BCUT2D eigenvalue weighted by atomic mass is 35.5. The van der Waals surface area contributed by atoms with Gasteiger partial charge in [-0.25, -0.2) is 0 Å². The first kappa shape index (κ1) is 42.4. The highest BCUT2D eigenvalue weighted by molar-refractivity contribution is 5.71. The first-order chi connectivity index (χ1) is 28.5. The zero-order valence-corrected chi connectivity index (χ0v) is 35.0. The Morgan fingerprint density at radius 1 is 0.367 bits per heavy atom. The van der Waals surface area contributed by atoms with Crippen LogP contribution >= 0.6 is 0 Å². The van der Waals surface area contributed by atoms with Crippen molar-refractivity contribution in [3.63, 3.8) is 0 Å². The molecule has 8 aromatic rings. The second kappa shape index (κ2) is 18.6. The maximum Gasteiger partial charge on any atom is 0.340 e. The van der Waals surface area contributed by atoms with Gasteiger partial charge in [0.1, 0.15) is 0 Å². The van der Waals surface area contributed by atoms with Gasteiger partial charge in [-0.15, -0.1) is 0 Å². The Kier molecular flexibility index (Phi) is 13.2. The van der Waals surface area contributed by atoms with Crippen LogP contribution in [0.1, 0.15) is 0 Å². The molecule has 0 spiro atoms. The van der Waals surface area contributed by atoms with E-state index >= 15 is 0 Å². The second-order valence-electron chi connectivity index (χ2n) is 12.8. The number of nitrogens with zero attached hydrogens (tertiary/aromatic N) is 8. The molecule has 60 heavy (non-hydrogen) atoms. The number of hydrogen-bond acceptors (Lipinski definition) is 10. The fourth-order valence-corrected chi connectivity index (χ4v) is 6.56. The van der Waals surface area contributed by atoms with Crippen molar-refractivity contribution in [2.75, 3.05) is 42.7 Å². The van der Waals surface area contributed by atoms with Gasteiger partial charge in [-0.05, 0) is 116 Å². The van der Waals surface area contributed by atoms with Gasteiger partial charge >= 0.3 is 11.6 Å². The van der Waals surface area contributed by atoms with Gasteiger partial charge in [-0.2, -0.15) is 0 Å². The van der Waals surface area contributed by atoms with E-state index in [-0.39, 0.29) is 24.8 Å². The summed E-state index contributed by atoms with van der Waals surface area (Å²) < 4.78 is 34.1. The molecule has 0 fully saturated rings. The Hall–Kier alpha value is -7.16. The molecule has 0 atom stereocenters. The molecule has 8 rings (SSSR count). The lowest BCUT2D eigenvalue weighted by Crippen LogP contribution is -3.00. The van der Waals surface area contributed by atoms with Gasteiger partial charge in [0.15, 0.2) is 57.2 Å². The molecular formula is C44H40Cl2N8O6. The van der Waals surface area contributed by atoms with Crippen molar-refractivity contribution >= 4 is 0 Å². The molecule has 14 nitrogen and oxygen atoms in total. The Labute approximate surface area is 358 Å². The molecule has 0 unspecified atom stereocenters. The number of aromatic nitrogens is 8. The summed E-state index contributed by atoms with van der Waals surface area (Å²) in [6.45, 7) is 0. The summed E-state index contributed by atoms with van der Waals surface area (Å²) in [5.41, 5.74) is 6.24. The lowest BCUT2D eigenvalue weighted by molar-refractivity contribution is -0.734. The minimum Gasteiger partial charge on any atom is -1.00 e. The summed E-state index contributed by atoms with van der Waals surface area (Å²) in [6, 6.07) is 42.6. The SMILES string of the molecule is COc1ccc(-c2nn(-c3ccc(-c4ccc(-n5nc(-c6ccc(OC)c(OC)c6)n[n+]5-c5ccccc5)c(OC)c4)cc3OC)[n+](-c3ccccc3)n2)cc1OC.[Cl-].[Cl-]. The van der Waals surface area contributed by atoms with Crippen LogP contribution in [-0.4, -0.2) is 72.6 Å². The summed E-state index contributed by atoms with van der Waals surface area (Å²) in [7, 11) is 9.66. The molecule has 2 aromatic heterocycles. The average Bonchev–Trinajstić information content (AvgIpc) is 3.95. The Morgan fingerprint density at radius 2 is 0.700 bits per heavy atom. The van der Waals surface area contributed by atoms with Crippen molar-refractivity contribution < 1.29 is 62.8 Å². The molecule has 0 aliphatic rings. The van der Waals surface area contributed by atoms with E-state index in [4.69, 9.17) is 48.8 Å². The van der Waals surface area contributed by atoms with E-state index in [9.17, 15) is 0 Å². The van der Waals surface area contributed by atoms with Crippen LogP contribution in [0.15, 0.2) is 133 Å². The molecule has 0 saturated carbocycles. The minimum absolute atomic E-state index is 0. The van der Waals surface area contributed by atoms with E-state index in [1.165, 1.54) is 0 Å². The molecule has 0 N–H and O–H groups in total. The molecule has 6 aromatic carbocycles. The third-order valence-electron chi connectivity index (χ3n) is 9.50. The van der Waals surface area contributed by atoms with Gasteiger partial charge < -0.3 is 53.2 Å². The largest absolute Gasteiger partial charge is 1.00 e. The zero-order chi connectivity index (χ0) is 40.2. The van der Waals surface area contributed by atoms with Crippen molar-refractivity contribution in [3.05, 3.63) is 133 Å². The topological polar surface area (TPSA) is 125 Å². The van der Waals surface area contributed by atoms with Gasteiger partial charge in [0.05, 0.1) is 64.0 Å². The predicted molar refractivity (Wildman–Crippen MR) is 215 cm³/mol. The van der Waals surface area contributed by atoms with Crippen molar-refractivity contribution in [1.29, 1.82) is 0 Å². The second-order valence-corrected chi connectivity index (χ2v) is 12.8. The van der Waals surface area contributed by atoms with Gasteiger partial charge in [0, 0.05) is 9.59 Å². The van der Waals surface area contributed by atoms with E-state index in [0.717, 1.165) is 33.6 Å². The number of halogens is 2. The maximum atomic E-state index is 6.01. The van der Waals surface area contributed by atoms with E-state index in [0.29, 0.717) is 57.5 Å². The summed E-state index contributed by atoms with van der Waals surface area (Å²) in [5, 5.41) is 19.7. The molecule has 0 amide bonds. The fourth-order valence-electron chi connectivity index (χ4n) is 6.56. The van der Waals surface area contributed by atoms with Crippen molar-refractivity contribution in [3.8, 4) is 91.1 Å². The first-order valence-electron chi connectivity index (χ1n) is 18.2. The third kappa shape index (κ3) is 8.10. The molecule has 0 saturated heterocycles. The van der Waals surface area contributed by atoms with Crippen LogP contribution in [-0.2, 0) is 0 Å². The molecule has 0 radical (unpaired) electrons. The van der Waals surface area contributed by atoms with Crippen molar-refractivity contribution in [2.24, 2.45) is 0 Å². The standard InChI is InChI=1S/C44H40N8O6.2ClH/c1-53-37-23-19-31(27-41(37)57-5)43-45-49(33-13-9-7-10-14-33)51(47-43)35-21-17-29(25-39(35)55-3)30-18-22-36(40(26-30)56-4)52-48-44(46-50(52)34-15-11-8-12-16-34)32-20-24-38(54-2)42(28-32)58-6;;/h7-28H,1-6H3;2*1H/q+2;;/p-2. The van der Waals surface area contributed by atoms with Crippen LogP contribution in [0.5, 0.6) is 34.5 Å². The van der Waals surface area contributed by atoms with Crippen LogP contribution in [0.2, 0.25) is 0 Å². The third-order valence-corrected chi connectivity index (χ3v) is 9.50.